The summed E-state index contributed by atoms with van der Waals surface area (Å²) in [6.07, 6.45) is 0.679. The highest BCUT2D eigenvalue weighted by Crippen LogP contribution is 2.30. The van der Waals surface area contributed by atoms with Gasteiger partial charge < -0.3 is 10.1 Å². The lowest BCUT2D eigenvalue weighted by atomic mass is 9.99. The number of hydrogen-bond donors (Lipinski definition) is 1. The van der Waals surface area contributed by atoms with E-state index in [1.807, 2.05) is 50.2 Å². The number of ether oxygens (including phenoxy) is 1. The number of benzene rings is 2. The maximum Gasteiger partial charge on any atom is 0.337 e. The molecule has 0 saturated heterocycles. The molecule has 1 amide bonds. The minimum Gasteiger partial charge on any atom is -0.465 e. The molecule has 0 aliphatic carbocycles. The van der Waals surface area contributed by atoms with Crippen molar-refractivity contribution in [1.82, 2.24) is 5.32 Å². The third-order valence-corrected chi connectivity index (χ3v) is 6.40. The van der Waals surface area contributed by atoms with E-state index >= 15 is 0 Å². The molecule has 0 spiro atoms. The number of carbonyl (C=O) groups excluding carboxylic acids is 2. The molecule has 3 aromatic rings. The first-order chi connectivity index (χ1) is 14.3. The molecule has 1 heterocycles. The predicted molar refractivity (Wildman–Crippen MR) is 122 cm³/mol. The molecule has 1 N–H and O–H groups in total. The Morgan fingerprint density at radius 3 is 2.27 bits per heavy atom. The van der Waals surface area contributed by atoms with Crippen molar-refractivity contribution >= 4 is 34.8 Å². The molecule has 0 bridgehead atoms. The van der Waals surface area contributed by atoms with Crippen molar-refractivity contribution in [2.24, 2.45) is 0 Å². The standard InChI is InChI=1S/C24H24ClNO3S/c1-14(18-7-9-19(10-8-18)24(28)29-4)26-23(27)22-16(3)30-15(2)21(22)13-17-5-11-20(25)12-6-17/h5-12,14H,13H2,1-4H3,(H,26,27)/t14-/m0/s1. The first-order valence-corrected chi connectivity index (χ1v) is 10.8. The van der Waals surface area contributed by atoms with Gasteiger partial charge >= 0.3 is 5.97 Å². The Hall–Kier alpha value is -2.63. The van der Waals surface area contributed by atoms with Gasteiger partial charge in [0.2, 0.25) is 0 Å². The summed E-state index contributed by atoms with van der Waals surface area (Å²) in [5.41, 5.74) is 4.30. The summed E-state index contributed by atoms with van der Waals surface area (Å²) in [7, 11) is 1.35. The van der Waals surface area contributed by atoms with Crippen molar-refractivity contribution in [3.63, 3.8) is 0 Å². The molecule has 0 radical (unpaired) electrons. The Labute approximate surface area is 185 Å². The van der Waals surface area contributed by atoms with Crippen LogP contribution >= 0.6 is 22.9 Å². The number of halogens is 1. The molecule has 0 aliphatic rings. The van der Waals surface area contributed by atoms with Gasteiger partial charge in [-0.15, -0.1) is 11.3 Å². The molecule has 2 aromatic carbocycles. The Kier molecular flexibility index (Phi) is 6.95. The van der Waals surface area contributed by atoms with Gasteiger partial charge in [-0.05, 0) is 68.1 Å². The van der Waals surface area contributed by atoms with Crippen molar-refractivity contribution in [3.05, 3.63) is 91.1 Å². The lowest BCUT2D eigenvalue weighted by Gasteiger charge is -2.16. The van der Waals surface area contributed by atoms with Gasteiger partial charge in [-0.2, -0.15) is 0 Å². The number of esters is 1. The summed E-state index contributed by atoms with van der Waals surface area (Å²) >= 11 is 7.63. The number of hydrogen-bond acceptors (Lipinski definition) is 4. The van der Waals surface area contributed by atoms with Crippen LogP contribution in [0.4, 0.5) is 0 Å². The Balaban J connectivity index is 1.79. The van der Waals surface area contributed by atoms with Gasteiger partial charge in [0.05, 0.1) is 24.3 Å². The lowest BCUT2D eigenvalue weighted by molar-refractivity contribution is 0.0600. The van der Waals surface area contributed by atoms with Gasteiger partial charge in [0.1, 0.15) is 0 Å². The van der Waals surface area contributed by atoms with Gasteiger partial charge in [0.25, 0.3) is 5.91 Å². The highest BCUT2D eigenvalue weighted by molar-refractivity contribution is 7.12. The molecule has 4 nitrogen and oxygen atoms in total. The fourth-order valence-electron chi connectivity index (χ4n) is 3.42. The van der Waals surface area contributed by atoms with E-state index in [2.05, 4.69) is 12.2 Å². The van der Waals surface area contributed by atoms with Crippen LogP contribution in [0.15, 0.2) is 48.5 Å². The van der Waals surface area contributed by atoms with Crippen LogP contribution in [0.3, 0.4) is 0 Å². The molecular weight excluding hydrogens is 418 g/mol. The zero-order valence-electron chi connectivity index (χ0n) is 17.4. The maximum atomic E-state index is 13.1. The molecule has 156 valence electrons. The first-order valence-electron chi connectivity index (χ1n) is 9.62. The fraction of sp³-hybridized carbons (Fsp3) is 0.250. The van der Waals surface area contributed by atoms with E-state index in [0.717, 1.165) is 32.0 Å². The lowest BCUT2D eigenvalue weighted by Crippen LogP contribution is -2.27. The molecule has 0 fully saturated rings. The van der Waals surface area contributed by atoms with Crippen LogP contribution in [0.5, 0.6) is 0 Å². The predicted octanol–water partition coefficient (Wildman–Crippen LogP) is 5.89. The number of carbonyl (C=O) groups is 2. The Morgan fingerprint density at radius 2 is 1.67 bits per heavy atom. The third kappa shape index (κ3) is 4.91. The van der Waals surface area contributed by atoms with Crippen LogP contribution in [0, 0.1) is 13.8 Å². The second-order valence-corrected chi connectivity index (χ2v) is 9.05. The molecule has 0 unspecified atom stereocenters. The molecule has 0 aliphatic heterocycles. The van der Waals surface area contributed by atoms with E-state index in [1.54, 1.807) is 23.5 Å². The van der Waals surface area contributed by atoms with E-state index in [-0.39, 0.29) is 17.9 Å². The van der Waals surface area contributed by atoms with E-state index in [1.165, 1.54) is 7.11 Å². The third-order valence-electron chi connectivity index (χ3n) is 5.09. The van der Waals surface area contributed by atoms with Crippen molar-refractivity contribution in [3.8, 4) is 0 Å². The minimum atomic E-state index is -0.380. The highest BCUT2D eigenvalue weighted by Gasteiger charge is 2.21. The number of nitrogens with one attached hydrogen (secondary N) is 1. The van der Waals surface area contributed by atoms with Crippen LogP contribution in [0.25, 0.3) is 0 Å². The Bertz CT molecular complexity index is 1060. The van der Waals surface area contributed by atoms with Crippen LogP contribution in [0.1, 0.15) is 60.1 Å². The van der Waals surface area contributed by atoms with Gasteiger partial charge in [-0.25, -0.2) is 4.79 Å². The summed E-state index contributed by atoms with van der Waals surface area (Å²) in [5, 5.41) is 3.79. The van der Waals surface area contributed by atoms with E-state index < -0.39 is 0 Å². The summed E-state index contributed by atoms with van der Waals surface area (Å²) in [4.78, 5) is 26.9. The van der Waals surface area contributed by atoms with Gasteiger partial charge in [-0.3, -0.25) is 4.79 Å². The number of aryl methyl sites for hydroxylation is 2. The van der Waals surface area contributed by atoms with Gasteiger partial charge in [-0.1, -0.05) is 35.9 Å². The Morgan fingerprint density at radius 1 is 1.03 bits per heavy atom. The molecule has 1 atom stereocenters. The van der Waals surface area contributed by atoms with Crippen LogP contribution in [-0.4, -0.2) is 19.0 Å². The smallest absolute Gasteiger partial charge is 0.337 e. The number of thiophene rings is 1. The molecular formula is C24H24ClNO3S. The average Bonchev–Trinajstić information content (AvgIpc) is 3.02. The monoisotopic (exact) mass is 441 g/mol. The molecule has 30 heavy (non-hydrogen) atoms. The normalized spacial score (nSPS) is 11.8. The number of methoxy groups -OCH3 is 1. The van der Waals surface area contributed by atoms with Crippen LogP contribution in [-0.2, 0) is 11.2 Å². The SMILES string of the molecule is COC(=O)c1ccc([C@H](C)NC(=O)c2c(C)sc(C)c2Cc2ccc(Cl)cc2)cc1. The zero-order chi connectivity index (χ0) is 21.8. The summed E-state index contributed by atoms with van der Waals surface area (Å²) in [6, 6.07) is 14.6. The topological polar surface area (TPSA) is 55.4 Å². The summed E-state index contributed by atoms with van der Waals surface area (Å²) < 4.78 is 4.73. The number of rotatable bonds is 6. The van der Waals surface area contributed by atoms with Crippen molar-refractivity contribution in [1.29, 1.82) is 0 Å². The molecule has 1 aromatic heterocycles. The first kappa shape index (κ1) is 22.1. The zero-order valence-corrected chi connectivity index (χ0v) is 19.0. The summed E-state index contributed by atoms with van der Waals surface area (Å²) in [5.74, 6) is -0.472. The van der Waals surface area contributed by atoms with Crippen LogP contribution in [0.2, 0.25) is 5.02 Å². The fourth-order valence-corrected chi connectivity index (χ4v) is 4.63. The quantitative estimate of drug-likeness (QED) is 0.485. The second-order valence-electron chi connectivity index (χ2n) is 7.18. The molecule has 0 saturated carbocycles. The summed E-state index contributed by atoms with van der Waals surface area (Å²) in [6.45, 7) is 5.96. The van der Waals surface area contributed by atoms with Crippen molar-refractivity contribution in [2.45, 2.75) is 33.2 Å². The van der Waals surface area contributed by atoms with Crippen molar-refractivity contribution < 1.29 is 14.3 Å². The molecule has 3 rings (SSSR count). The van der Waals surface area contributed by atoms with Crippen LogP contribution < -0.4 is 5.32 Å². The van der Waals surface area contributed by atoms with Crippen molar-refractivity contribution in [2.75, 3.05) is 7.11 Å². The van der Waals surface area contributed by atoms with E-state index in [4.69, 9.17) is 16.3 Å². The number of amides is 1. The maximum absolute atomic E-state index is 13.1. The molecule has 6 heteroatoms. The van der Waals surface area contributed by atoms with E-state index in [9.17, 15) is 9.59 Å². The largest absolute Gasteiger partial charge is 0.465 e. The van der Waals surface area contributed by atoms with Gasteiger partial charge in [0.15, 0.2) is 0 Å². The average molecular weight is 442 g/mol. The van der Waals surface area contributed by atoms with Gasteiger partial charge in [0, 0.05) is 14.8 Å². The highest BCUT2D eigenvalue weighted by atomic mass is 35.5. The second kappa shape index (κ2) is 9.45. The minimum absolute atomic E-state index is 0.0923. The van der Waals surface area contributed by atoms with E-state index in [0.29, 0.717) is 17.0 Å².